The Labute approximate surface area is 187 Å². The minimum absolute atomic E-state index is 0.0480. The number of hydrogen-bond acceptors (Lipinski definition) is 5. The van der Waals surface area contributed by atoms with Gasteiger partial charge in [-0.2, -0.15) is 0 Å². The lowest BCUT2D eigenvalue weighted by atomic mass is 10.1. The fourth-order valence-corrected chi connectivity index (χ4v) is 4.03. The van der Waals surface area contributed by atoms with Crippen molar-refractivity contribution in [3.05, 3.63) is 93.2 Å². The second-order valence-corrected chi connectivity index (χ2v) is 8.05. The number of aromatic nitrogens is 2. The van der Waals surface area contributed by atoms with Crippen molar-refractivity contribution < 1.29 is 9.53 Å². The van der Waals surface area contributed by atoms with E-state index in [0.717, 1.165) is 36.5 Å². The third-order valence-electron chi connectivity index (χ3n) is 5.76. The minimum Gasteiger partial charge on any atom is -0.497 e. The Kier molecular flexibility index (Phi) is 6.66. The van der Waals surface area contributed by atoms with E-state index in [1.807, 2.05) is 42.5 Å². The first kappa shape index (κ1) is 21.8. The van der Waals surface area contributed by atoms with Crippen LogP contribution in [0, 0.1) is 6.92 Å². The zero-order valence-electron chi connectivity index (χ0n) is 18.5. The van der Waals surface area contributed by atoms with Crippen LogP contribution in [0.15, 0.2) is 59.4 Å². The highest BCUT2D eigenvalue weighted by molar-refractivity contribution is 5.75. The summed E-state index contributed by atoms with van der Waals surface area (Å²) >= 11 is 0. The molecular weight excluding hydrogens is 404 g/mol. The molecule has 2 heterocycles. The molecular formula is C25H28N4O3. The van der Waals surface area contributed by atoms with Crippen LogP contribution >= 0.6 is 0 Å². The summed E-state index contributed by atoms with van der Waals surface area (Å²) in [6.07, 6.45) is 0.737. The van der Waals surface area contributed by atoms with Crippen LogP contribution in [0.25, 0.3) is 0 Å². The lowest BCUT2D eigenvalue weighted by Crippen LogP contribution is -2.40. The van der Waals surface area contributed by atoms with E-state index in [-0.39, 0.29) is 18.0 Å². The van der Waals surface area contributed by atoms with Crippen LogP contribution in [0.5, 0.6) is 5.75 Å². The van der Waals surface area contributed by atoms with Gasteiger partial charge in [0.15, 0.2) is 0 Å². The zero-order chi connectivity index (χ0) is 22.5. The smallest absolute Gasteiger partial charge is 0.258 e. The summed E-state index contributed by atoms with van der Waals surface area (Å²) < 4.78 is 6.70. The number of fused-ring (bicyclic) bond motifs is 1. The van der Waals surface area contributed by atoms with Crippen LogP contribution in [-0.2, 0) is 37.4 Å². The lowest BCUT2D eigenvalue weighted by Gasteiger charge is -2.28. The molecule has 1 aromatic heterocycles. The molecule has 1 amide bonds. The van der Waals surface area contributed by atoms with Crippen molar-refractivity contribution in [2.45, 2.75) is 39.5 Å². The van der Waals surface area contributed by atoms with E-state index in [1.54, 1.807) is 14.0 Å². The second-order valence-electron chi connectivity index (χ2n) is 8.05. The van der Waals surface area contributed by atoms with Gasteiger partial charge in [-0.05, 0) is 30.2 Å². The predicted molar refractivity (Wildman–Crippen MR) is 122 cm³/mol. The first-order valence-corrected chi connectivity index (χ1v) is 10.8. The predicted octanol–water partition coefficient (Wildman–Crippen LogP) is 2.44. The van der Waals surface area contributed by atoms with Gasteiger partial charge in [-0.3, -0.25) is 19.1 Å². The van der Waals surface area contributed by atoms with Crippen molar-refractivity contribution in [3.8, 4) is 5.75 Å². The molecule has 0 bridgehead atoms. The van der Waals surface area contributed by atoms with E-state index < -0.39 is 0 Å². The maximum atomic E-state index is 13.2. The fraction of sp³-hybridized carbons (Fsp3) is 0.320. The van der Waals surface area contributed by atoms with Gasteiger partial charge in [-0.25, -0.2) is 4.98 Å². The molecule has 0 saturated carbocycles. The van der Waals surface area contributed by atoms with Crippen molar-refractivity contribution in [1.29, 1.82) is 0 Å². The molecule has 0 fully saturated rings. The zero-order valence-corrected chi connectivity index (χ0v) is 18.5. The monoisotopic (exact) mass is 432 g/mol. The molecule has 0 aliphatic carbocycles. The van der Waals surface area contributed by atoms with Gasteiger partial charge < -0.3 is 10.1 Å². The van der Waals surface area contributed by atoms with Crippen LogP contribution in [0.4, 0.5) is 0 Å². The maximum absolute atomic E-state index is 13.2. The Morgan fingerprint density at radius 2 is 1.91 bits per heavy atom. The number of rotatable bonds is 7. The average Bonchev–Trinajstić information content (AvgIpc) is 2.81. The van der Waals surface area contributed by atoms with E-state index in [0.29, 0.717) is 24.5 Å². The number of benzene rings is 2. The Morgan fingerprint density at radius 3 is 2.69 bits per heavy atom. The van der Waals surface area contributed by atoms with Crippen molar-refractivity contribution >= 4 is 5.91 Å². The first-order chi connectivity index (χ1) is 15.5. The molecule has 1 aliphatic rings. The molecule has 1 aliphatic heterocycles. The number of carbonyl (C=O) groups is 1. The topological polar surface area (TPSA) is 76.5 Å². The van der Waals surface area contributed by atoms with Crippen LogP contribution in [0.3, 0.4) is 0 Å². The third-order valence-corrected chi connectivity index (χ3v) is 5.76. The van der Waals surface area contributed by atoms with E-state index in [9.17, 15) is 9.59 Å². The summed E-state index contributed by atoms with van der Waals surface area (Å²) in [5.74, 6) is 1.08. The number of nitrogens with one attached hydrogen (secondary N) is 1. The van der Waals surface area contributed by atoms with Gasteiger partial charge in [0.25, 0.3) is 5.56 Å². The molecule has 0 atom stereocenters. The summed E-state index contributed by atoms with van der Waals surface area (Å²) in [7, 11) is 1.61. The molecule has 0 unspecified atom stereocenters. The van der Waals surface area contributed by atoms with Crippen LogP contribution in [0.2, 0.25) is 0 Å². The van der Waals surface area contributed by atoms with Gasteiger partial charge in [-0.1, -0.05) is 42.5 Å². The van der Waals surface area contributed by atoms with Gasteiger partial charge in [0, 0.05) is 32.6 Å². The Bertz CT molecular complexity index is 1160. The molecule has 0 radical (unpaired) electrons. The molecule has 0 spiro atoms. The SMILES string of the molecule is COc1cccc(CNC(=O)Cn2c(C)nc3c(c2=O)CN(Cc2ccccc2)CC3)c1. The van der Waals surface area contributed by atoms with E-state index >= 15 is 0 Å². The van der Waals surface area contributed by atoms with E-state index in [2.05, 4.69) is 27.3 Å². The molecule has 32 heavy (non-hydrogen) atoms. The molecule has 2 aromatic carbocycles. The summed E-state index contributed by atoms with van der Waals surface area (Å²) in [5, 5.41) is 2.88. The molecule has 1 N–H and O–H groups in total. The summed E-state index contributed by atoms with van der Waals surface area (Å²) in [5.41, 5.74) is 3.57. The Morgan fingerprint density at radius 1 is 1.12 bits per heavy atom. The molecule has 0 saturated heterocycles. The van der Waals surface area contributed by atoms with E-state index in [4.69, 9.17) is 4.74 Å². The van der Waals surface area contributed by atoms with Gasteiger partial charge in [0.1, 0.15) is 18.1 Å². The minimum atomic E-state index is -0.225. The third kappa shape index (κ3) is 5.06. The first-order valence-electron chi connectivity index (χ1n) is 10.8. The molecule has 7 heteroatoms. The fourth-order valence-electron chi connectivity index (χ4n) is 4.03. The highest BCUT2D eigenvalue weighted by Crippen LogP contribution is 2.17. The van der Waals surface area contributed by atoms with Gasteiger partial charge in [-0.15, -0.1) is 0 Å². The number of aryl methyl sites for hydroxylation is 1. The Hall–Kier alpha value is -3.45. The summed E-state index contributed by atoms with van der Waals surface area (Å²) in [6, 6.07) is 17.8. The van der Waals surface area contributed by atoms with Crippen molar-refractivity contribution in [2.24, 2.45) is 0 Å². The van der Waals surface area contributed by atoms with Gasteiger partial charge in [0.05, 0.1) is 18.4 Å². The largest absolute Gasteiger partial charge is 0.497 e. The number of ether oxygens (including phenoxy) is 1. The normalized spacial score (nSPS) is 13.4. The highest BCUT2D eigenvalue weighted by Gasteiger charge is 2.23. The van der Waals surface area contributed by atoms with Crippen molar-refractivity contribution in [2.75, 3.05) is 13.7 Å². The summed E-state index contributed by atoms with van der Waals surface area (Å²) in [6.45, 7) is 4.29. The molecule has 3 aromatic rings. The molecule has 7 nitrogen and oxygen atoms in total. The average molecular weight is 433 g/mol. The number of amides is 1. The van der Waals surface area contributed by atoms with Crippen LogP contribution in [0.1, 0.15) is 28.2 Å². The molecule has 4 rings (SSSR count). The van der Waals surface area contributed by atoms with Crippen molar-refractivity contribution in [3.63, 3.8) is 0 Å². The molecule has 166 valence electrons. The number of hydrogen-bond donors (Lipinski definition) is 1. The maximum Gasteiger partial charge on any atom is 0.258 e. The van der Waals surface area contributed by atoms with Gasteiger partial charge in [0.2, 0.25) is 5.91 Å². The van der Waals surface area contributed by atoms with Crippen LogP contribution < -0.4 is 15.6 Å². The second kappa shape index (κ2) is 9.78. The standard InChI is InChI=1S/C25H28N4O3/c1-18-27-23-11-12-28(15-19-7-4-3-5-8-19)16-22(23)25(31)29(18)17-24(30)26-14-20-9-6-10-21(13-20)32-2/h3-10,13H,11-12,14-17H2,1-2H3,(H,26,30). The lowest BCUT2D eigenvalue weighted by molar-refractivity contribution is -0.121. The van der Waals surface area contributed by atoms with Crippen LogP contribution in [-0.4, -0.2) is 34.0 Å². The Balaban J connectivity index is 1.45. The quantitative estimate of drug-likeness (QED) is 0.621. The number of carbonyl (C=O) groups excluding carboxylic acids is 1. The van der Waals surface area contributed by atoms with E-state index in [1.165, 1.54) is 10.1 Å². The highest BCUT2D eigenvalue weighted by atomic mass is 16.5. The van der Waals surface area contributed by atoms with Gasteiger partial charge >= 0.3 is 0 Å². The summed E-state index contributed by atoms with van der Waals surface area (Å²) in [4.78, 5) is 32.7. The number of nitrogens with zero attached hydrogens (tertiary/aromatic N) is 3. The van der Waals surface area contributed by atoms with Crippen molar-refractivity contribution in [1.82, 2.24) is 19.8 Å². The number of methoxy groups -OCH3 is 1.